The third kappa shape index (κ3) is 3.19. The molecule has 1 heterocycles. The van der Waals surface area contributed by atoms with Crippen molar-refractivity contribution in [3.63, 3.8) is 0 Å². The number of carboxylic acid groups (broad SMARTS) is 1. The fraction of sp³-hybridized carbons (Fsp3) is 0.357. The van der Waals surface area contributed by atoms with Gasteiger partial charge in [0.25, 0.3) is 0 Å². The summed E-state index contributed by atoms with van der Waals surface area (Å²) in [5.74, 6) is -1.44. The van der Waals surface area contributed by atoms with Crippen LogP contribution in [0.5, 0.6) is 0 Å². The number of amides is 1. The fourth-order valence-corrected chi connectivity index (χ4v) is 2.22. The van der Waals surface area contributed by atoms with E-state index in [0.29, 0.717) is 0 Å². The number of benzene rings is 1. The lowest BCUT2D eigenvalue weighted by molar-refractivity contribution is -0.153. The molecule has 0 bridgehead atoms. The lowest BCUT2D eigenvalue weighted by Crippen LogP contribution is -2.51. The maximum Gasteiger partial charge on any atom is 0.326 e. The molecule has 0 spiro atoms. The Hall–Kier alpha value is -2.17. The number of piperidine rings is 1. The molecule has 0 aliphatic carbocycles. The highest BCUT2D eigenvalue weighted by Crippen LogP contribution is 2.16. The van der Waals surface area contributed by atoms with Gasteiger partial charge in [-0.25, -0.2) is 4.79 Å². The number of carboxylic acids is 1. The molecule has 100 valence electrons. The standard InChI is InChI=1S/C14H15NO4/c16-11-6-7-12(14(18)19)15(9-11)13(17)8-10-4-2-1-3-5-10/h1-5,12H,6-9H2,(H,18,19). The van der Waals surface area contributed by atoms with Gasteiger partial charge in [-0.2, -0.15) is 0 Å². The number of hydrogen-bond acceptors (Lipinski definition) is 3. The smallest absolute Gasteiger partial charge is 0.326 e. The molecule has 1 fully saturated rings. The average molecular weight is 261 g/mol. The third-order valence-electron chi connectivity index (χ3n) is 3.22. The van der Waals surface area contributed by atoms with Gasteiger partial charge in [-0.3, -0.25) is 9.59 Å². The number of aliphatic carboxylic acids is 1. The van der Waals surface area contributed by atoms with Gasteiger partial charge in [-0.15, -0.1) is 0 Å². The van der Waals surface area contributed by atoms with Crippen LogP contribution in [0.15, 0.2) is 30.3 Å². The minimum absolute atomic E-state index is 0.0843. The molecule has 2 rings (SSSR count). The number of ketones is 1. The first-order chi connectivity index (χ1) is 9.08. The van der Waals surface area contributed by atoms with E-state index in [1.165, 1.54) is 4.90 Å². The highest BCUT2D eigenvalue weighted by atomic mass is 16.4. The first-order valence-corrected chi connectivity index (χ1v) is 6.16. The van der Waals surface area contributed by atoms with Crippen LogP contribution in [0.2, 0.25) is 0 Å². The van der Waals surface area contributed by atoms with Gasteiger partial charge in [0, 0.05) is 6.42 Å². The van der Waals surface area contributed by atoms with Crippen LogP contribution >= 0.6 is 0 Å². The minimum Gasteiger partial charge on any atom is -0.480 e. The zero-order valence-electron chi connectivity index (χ0n) is 10.4. The number of rotatable bonds is 3. The number of carbonyl (C=O) groups is 3. The molecule has 1 N–H and O–H groups in total. The third-order valence-corrected chi connectivity index (χ3v) is 3.22. The molecule has 1 aliphatic heterocycles. The highest BCUT2D eigenvalue weighted by Gasteiger charge is 2.34. The van der Waals surface area contributed by atoms with E-state index in [4.69, 9.17) is 5.11 Å². The SMILES string of the molecule is O=C1CCC(C(=O)O)N(C(=O)Cc2ccccc2)C1. The average Bonchev–Trinajstić information content (AvgIpc) is 2.39. The summed E-state index contributed by atoms with van der Waals surface area (Å²) < 4.78 is 0. The summed E-state index contributed by atoms with van der Waals surface area (Å²) in [5, 5.41) is 9.10. The van der Waals surface area contributed by atoms with Crippen molar-refractivity contribution in [1.29, 1.82) is 0 Å². The molecule has 1 aliphatic rings. The number of likely N-dealkylation sites (tertiary alicyclic amines) is 1. The van der Waals surface area contributed by atoms with E-state index >= 15 is 0 Å². The molecule has 0 aromatic heterocycles. The largest absolute Gasteiger partial charge is 0.480 e. The van der Waals surface area contributed by atoms with E-state index in [0.717, 1.165) is 5.56 Å². The van der Waals surface area contributed by atoms with Gasteiger partial charge in [-0.1, -0.05) is 30.3 Å². The zero-order valence-corrected chi connectivity index (χ0v) is 10.4. The molecule has 0 saturated carbocycles. The molecule has 5 heteroatoms. The van der Waals surface area contributed by atoms with Crippen molar-refractivity contribution < 1.29 is 19.5 Å². The van der Waals surface area contributed by atoms with Crippen LogP contribution < -0.4 is 0 Å². The first-order valence-electron chi connectivity index (χ1n) is 6.16. The molecule has 1 amide bonds. The molecule has 0 radical (unpaired) electrons. The Morgan fingerprint density at radius 3 is 2.58 bits per heavy atom. The zero-order chi connectivity index (χ0) is 13.8. The highest BCUT2D eigenvalue weighted by molar-refractivity contribution is 5.92. The summed E-state index contributed by atoms with van der Waals surface area (Å²) in [6, 6.07) is 8.21. The molecule has 1 aromatic rings. The fourth-order valence-electron chi connectivity index (χ4n) is 2.22. The van der Waals surface area contributed by atoms with Crippen molar-refractivity contribution >= 4 is 17.7 Å². The van der Waals surface area contributed by atoms with E-state index in [1.807, 2.05) is 18.2 Å². The van der Waals surface area contributed by atoms with E-state index in [2.05, 4.69) is 0 Å². The van der Waals surface area contributed by atoms with E-state index < -0.39 is 12.0 Å². The number of hydrogen-bond donors (Lipinski definition) is 1. The molecule has 1 unspecified atom stereocenters. The van der Waals surface area contributed by atoms with Gasteiger partial charge >= 0.3 is 5.97 Å². The van der Waals surface area contributed by atoms with E-state index in [9.17, 15) is 14.4 Å². The van der Waals surface area contributed by atoms with Crippen LogP contribution in [-0.2, 0) is 20.8 Å². The van der Waals surface area contributed by atoms with E-state index in [-0.39, 0.29) is 37.5 Å². The first kappa shape index (κ1) is 13.3. The van der Waals surface area contributed by atoms with Crippen molar-refractivity contribution in [2.24, 2.45) is 0 Å². The lowest BCUT2D eigenvalue weighted by Gasteiger charge is -2.32. The molecular weight excluding hydrogens is 246 g/mol. The van der Waals surface area contributed by atoms with Gasteiger partial charge < -0.3 is 10.0 Å². The Balaban J connectivity index is 2.11. The monoisotopic (exact) mass is 261 g/mol. The van der Waals surface area contributed by atoms with E-state index in [1.54, 1.807) is 12.1 Å². The second-order valence-corrected chi connectivity index (χ2v) is 4.62. The van der Waals surface area contributed by atoms with Crippen molar-refractivity contribution in [3.8, 4) is 0 Å². The Kier molecular flexibility index (Phi) is 3.94. The van der Waals surface area contributed by atoms with Crippen LogP contribution in [0.1, 0.15) is 18.4 Å². The maximum absolute atomic E-state index is 12.1. The molecule has 1 atom stereocenters. The number of Topliss-reactive ketones (excluding diaryl/α,β-unsaturated/α-hetero) is 1. The normalized spacial score (nSPS) is 19.3. The number of nitrogens with zero attached hydrogens (tertiary/aromatic N) is 1. The van der Waals surface area contributed by atoms with Crippen LogP contribution in [0, 0.1) is 0 Å². The van der Waals surface area contributed by atoms with Crippen LogP contribution in [0.4, 0.5) is 0 Å². The molecule has 5 nitrogen and oxygen atoms in total. The van der Waals surface area contributed by atoms with Crippen LogP contribution in [0.3, 0.4) is 0 Å². The topological polar surface area (TPSA) is 74.7 Å². The van der Waals surface area contributed by atoms with Gasteiger partial charge in [0.15, 0.2) is 5.78 Å². The van der Waals surface area contributed by atoms with Crippen LogP contribution in [-0.4, -0.2) is 40.3 Å². The Labute approximate surface area is 110 Å². The summed E-state index contributed by atoms with van der Waals surface area (Å²) >= 11 is 0. The van der Waals surface area contributed by atoms with Gasteiger partial charge in [0.2, 0.25) is 5.91 Å². The minimum atomic E-state index is -1.05. The van der Waals surface area contributed by atoms with Gasteiger partial charge in [-0.05, 0) is 12.0 Å². The Morgan fingerprint density at radius 2 is 1.95 bits per heavy atom. The lowest BCUT2D eigenvalue weighted by atomic mass is 10.00. The summed E-state index contributed by atoms with van der Waals surface area (Å²) in [7, 11) is 0. The van der Waals surface area contributed by atoms with Crippen molar-refractivity contribution in [2.75, 3.05) is 6.54 Å². The summed E-state index contributed by atoms with van der Waals surface area (Å²) in [5.41, 5.74) is 0.815. The van der Waals surface area contributed by atoms with Crippen molar-refractivity contribution in [1.82, 2.24) is 4.90 Å². The second-order valence-electron chi connectivity index (χ2n) is 4.62. The molecule has 1 saturated heterocycles. The van der Waals surface area contributed by atoms with Gasteiger partial charge in [0.05, 0.1) is 13.0 Å². The molecular formula is C14H15NO4. The van der Waals surface area contributed by atoms with Crippen molar-refractivity contribution in [3.05, 3.63) is 35.9 Å². The second kappa shape index (κ2) is 5.65. The van der Waals surface area contributed by atoms with Gasteiger partial charge in [0.1, 0.15) is 6.04 Å². The Bertz CT molecular complexity index is 497. The predicted octanol–water partition coefficient (Wildman–Crippen LogP) is 0.874. The van der Waals surface area contributed by atoms with Crippen molar-refractivity contribution in [2.45, 2.75) is 25.3 Å². The Morgan fingerprint density at radius 1 is 1.26 bits per heavy atom. The summed E-state index contributed by atoms with van der Waals surface area (Å²) in [6.07, 6.45) is 0.554. The number of carbonyl (C=O) groups excluding carboxylic acids is 2. The summed E-state index contributed by atoms with van der Waals surface area (Å²) in [4.78, 5) is 35.9. The quantitative estimate of drug-likeness (QED) is 0.876. The molecule has 19 heavy (non-hydrogen) atoms. The maximum atomic E-state index is 12.1. The molecule has 1 aromatic carbocycles. The van der Waals surface area contributed by atoms with Crippen LogP contribution in [0.25, 0.3) is 0 Å². The summed E-state index contributed by atoms with van der Waals surface area (Å²) in [6.45, 7) is -0.0946. The predicted molar refractivity (Wildman–Crippen MR) is 67.5 cm³/mol.